The molecular formula is C14H13NOPY-. The minimum Gasteiger partial charge on any atom is -0.541 e. The quantitative estimate of drug-likeness (QED) is 0.633. The summed E-state index contributed by atoms with van der Waals surface area (Å²) in [6, 6.07) is 18.0. The Kier molecular flexibility index (Phi) is 6.71. The van der Waals surface area contributed by atoms with Crippen LogP contribution in [0.2, 0.25) is 0 Å². The van der Waals surface area contributed by atoms with Gasteiger partial charge in [0.25, 0.3) is 0 Å². The van der Waals surface area contributed by atoms with Crippen LogP contribution in [-0.4, -0.2) is 6.29 Å². The summed E-state index contributed by atoms with van der Waals surface area (Å²) in [5.41, 5.74) is 3.15. The van der Waals surface area contributed by atoms with Crippen molar-refractivity contribution in [3.05, 3.63) is 60.2 Å². The van der Waals surface area contributed by atoms with E-state index in [0.29, 0.717) is 6.42 Å². The zero-order valence-electron chi connectivity index (χ0n) is 9.91. The SMILES string of the molecule is O=[C-]Cc1ccc(N(P)c2ccccc2)cc1.[Y]. The minimum absolute atomic E-state index is 0. The Balaban J connectivity index is 0.00000162. The number of hydrogen-bond acceptors (Lipinski definition) is 2. The number of nitrogens with zero attached hydrogens (tertiary/aromatic N) is 1. The van der Waals surface area contributed by atoms with Gasteiger partial charge in [0.15, 0.2) is 0 Å². The third kappa shape index (κ3) is 3.98. The average Bonchev–Trinajstić information content (AvgIpc) is 2.40. The molecule has 0 aliphatic rings. The van der Waals surface area contributed by atoms with Crippen LogP contribution in [0.3, 0.4) is 0 Å². The summed E-state index contributed by atoms with van der Waals surface area (Å²) in [6.07, 6.45) is 2.25. The molecule has 0 saturated heterocycles. The molecule has 0 amide bonds. The van der Waals surface area contributed by atoms with Crippen LogP contribution in [0.5, 0.6) is 0 Å². The fourth-order valence-electron chi connectivity index (χ4n) is 1.60. The Morgan fingerprint density at radius 3 is 2.06 bits per heavy atom. The topological polar surface area (TPSA) is 20.3 Å². The van der Waals surface area contributed by atoms with Crippen molar-refractivity contribution in [1.82, 2.24) is 0 Å². The Morgan fingerprint density at radius 1 is 0.944 bits per heavy atom. The van der Waals surface area contributed by atoms with Crippen molar-refractivity contribution in [2.24, 2.45) is 0 Å². The molecule has 2 rings (SSSR count). The predicted octanol–water partition coefficient (Wildman–Crippen LogP) is 3.26. The average molecular weight is 331 g/mol. The smallest absolute Gasteiger partial charge is 0.0441 e. The van der Waals surface area contributed by atoms with E-state index in [1.807, 2.05) is 65.6 Å². The molecule has 0 bridgehead atoms. The maximum absolute atomic E-state index is 10.3. The van der Waals surface area contributed by atoms with E-state index >= 15 is 0 Å². The van der Waals surface area contributed by atoms with Crippen molar-refractivity contribution in [1.29, 1.82) is 0 Å². The molecule has 2 aromatic carbocycles. The Morgan fingerprint density at radius 2 is 1.50 bits per heavy atom. The first-order valence-electron chi connectivity index (χ1n) is 5.35. The van der Waals surface area contributed by atoms with Gasteiger partial charge in [-0.15, -0.1) is 6.42 Å². The van der Waals surface area contributed by atoms with Gasteiger partial charge in [0.1, 0.15) is 0 Å². The molecule has 1 unspecified atom stereocenters. The van der Waals surface area contributed by atoms with Gasteiger partial charge in [0.2, 0.25) is 0 Å². The Labute approximate surface area is 135 Å². The van der Waals surface area contributed by atoms with E-state index in [1.165, 1.54) is 0 Å². The Bertz CT molecular complexity index is 487. The summed E-state index contributed by atoms with van der Waals surface area (Å²) >= 11 is 0. The van der Waals surface area contributed by atoms with Gasteiger partial charge in [-0.1, -0.05) is 35.9 Å². The second kappa shape index (κ2) is 7.79. The fourth-order valence-corrected chi connectivity index (χ4v) is 1.94. The zero-order valence-corrected chi connectivity index (χ0v) is 13.9. The molecule has 1 atom stereocenters. The number of rotatable bonds is 4. The number of benzene rings is 2. The fraction of sp³-hybridized carbons (Fsp3) is 0.0714. The Hall–Kier alpha value is -0.556. The second-order valence-electron chi connectivity index (χ2n) is 3.69. The molecule has 1 radical (unpaired) electrons. The van der Waals surface area contributed by atoms with Gasteiger partial charge in [0, 0.05) is 44.1 Å². The van der Waals surface area contributed by atoms with Crippen molar-refractivity contribution >= 4 is 27.1 Å². The second-order valence-corrected chi connectivity index (χ2v) is 4.21. The summed E-state index contributed by atoms with van der Waals surface area (Å²) in [5, 5.41) is 0. The summed E-state index contributed by atoms with van der Waals surface area (Å²) in [7, 11) is 2.69. The summed E-state index contributed by atoms with van der Waals surface area (Å²) in [6.45, 7) is 0. The number of hydrogen-bond donors (Lipinski definition) is 0. The minimum atomic E-state index is 0. The molecule has 2 nitrogen and oxygen atoms in total. The monoisotopic (exact) mass is 331 g/mol. The molecule has 18 heavy (non-hydrogen) atoms. The van der Waals surface area contributed by atoms with Gasteiger partial charge < -0.3 is 9.46 Å². The maximum atomic E-state index is 10.3. The summed E-state index contributed by atoms with van der Waals surface area (Å²) < 4.78 is 2.02. The van der Waals surface area contributed by atoms with E-state index in [4.69, 9.17) is 0 Å². The number of carbonyl (C=O) groups excluding carboxylic acids is 1. The molecule has 4 heteroatoms. The van der Waals surface area contributed by atoms with Crippen molar-refractivity contribution in [2.45, 2.75) is 6.42 Å². The molecule has 0 aliphatic heterocycles. The van der Waals surface area contributed by atoms with Crippen LogP contribution in [0.4, 0.5) is 11.4 Å². The van der Waals surface area contributed by atoms with Gasteiger partial charge >= 0.3 is 0 Å². The molecule has 0 heterocycles. The largest absolute Gasteiger partial charge is 0.541 e. The number of para-hydroxylation sites is 1. The molecule has 89 valence electrons. The third-order valence-electron chi connectivity index (χ3n) is 2.53. The maximum Gasteiger partial charge on any atom is 0.0441 e. The number of anilines is 2. The van der Waals surface area contributed by atoms with Gasteiger partial charge in [0.05, 0.1) is 0 Å². The molecule has 0 aliphatic carbocycles. The van der Waals surface area contributed by atoms with Crippen molar-refractivity contribution in [2.75, 3.05) is 4.67 Å². The van der Waals surface area contributed by atoms with Crippen LogP contribution in [-0.2, 0) is 43.9 Å². The molecular weight excluding hydrogens is 318 g/mol. The zero-order chi connectivity index (χ0) is 12.1. The standard InChI is InChI=1S/C14H13NOP.Y/c16-11-10-12-6-8-14(9-7-12)15(17)13-4-2-1-3-5-13;/h1-9H,10,17H2;/q-1;. The summed E-state index contributed by atoms with van der Waals surface area (Å²) in [4.78, 5) is 10.3. The molecule has 0 fully saturated rings. The molecule has 0 spiro atoms. The van der Waals surface area contributed by atoms with Crippen molar-refractivity contribution in [3.8, 4) is 0 Å². The van der Waals surface area contributed by atoms with Crippen molar-refractivity contribution in [3.63, 3.8) is 0 Å². The van der Waals surface area contributed by atoms with E-state index in [2.05, 4.69) is 9.39 Å². The van der Waals surface area contributed by atoms with E-state index in [9.17, 15) is 4.79 Å². The predicted molar refractivity (Wildman–Crippen MR) is 74.1 cm³/mol. The van der Waals surface area contributed by atoms with Gasteiger partial charge in [-0.25, -0.2) is 0 Å². The van der Waals surface area contributed by atoms with E-state index in [-0.39, 0.29) is 32.7 Å². The van der Waals surface area contributed by atoms with E-state index in [1.54, 1.807) is 0 Å². The molecule has 0 aromatic heterocycles. The van der Waals surface area contributed by atoms with Crippen LogP contribution in [0.25, 0.3) is 0 Å². The van der Waals surface area contributed by atoms with Gasteiger partial charge in [-0.05, 0) is 33.7 Å². The first-order chi connectivity index (χ1) is 8.31. The van der Waals surface area contributed by atoms with Crippen molar-refractivity contribution < 1.29 is 37.5 Å². The first-order valence-corrected chi connectivity index (χ1v) is 5.87. The first kappa shape index (κ1) is 15.5. The summed E-state index contributed by atoms with van der Waals surface area (Å²) in [5.74, 6) is 0. The van der Waals surface area contributed by atoms with E-state index in [0.717, 1.165) is 16.9 Å². The normalized spacial score (nSPS) is 9.39. The van der Waals surface area contributed by atoms with Crippen LogP contribution >= 0.6 is 9.39 Å². The van der Waals surface area contributed by atoms with Gasteiger partial charge in [-0.2, -0.15) is 0 Å². The molecule has 2 aromatic rings. The third-order valence-corrected chi connectivity index (χ3v) is 3.12. The van der Waals surface area contributed by atoms with Crippen LogP contribution in [0.1, 0.15) is 5.56 Å². The van der Waals surface area contributed by atoms with Crippen LogP contribution in [0, 0.1) is 0 Å². The molecule has 0 saturated carbocycles. The molecule has 0 N–H and O–H groups in total. The van der Waals surface area contributed by atoms with Crippen LogP contribution in [0.15, 0.2) is 54.6 Å². The van der Waals surface area contributed by atoms with Gasteiger partial charge in [-0.3, -0.25) is 6.29 Å². The van der Waals surface area contributed by atoms with Crippen LogP contribution < -0.4 is 4.67 Å². The van der Waals surface area contributed by atoms with E-state index < -0.39 is 0 Å².